The van der Waals surface area contributed by atoms with Crippen LogP contribution in [0.4, 0.5) is 5.69 Å². The molecule has 0 N–H and O–H groups in total. The van der Waals surface area contributed by atoms with E-state index in [1.165, 1.54) is 0 Å². The number of ketones is 1. The molecule has 0 aromatic heterocycles. The summed E-state index contributed by atoms with van der Waals surface area (Å²) in [7, 11) is 0. The molecular weight excluding hydrogens is 298 g/mol. The second kappa shape index (κ2) is 4.68. The lowest BCUT2D eigenvalue weighted by atomic mass is 9.97. The van der Waals surface area contributed by atoms with Crippen molar-refractivity contribution in [3.05, 3.63) is 82.0 Å². The molecule has 0 saturated heterocycles. The molecule has 3 aromatic rings. The number of hydrogen-bond donors (Lipinski definition) is 0. The Morgan fingerprint density at radius 1 is 0.909 bits per heavy atom. The largest absolute Gasteiger partial charge is 0.618 e. The molecule has 106 valence electrons. The summed E-state index contributed by atoms with van der Waals surface area (Å²) in [5.41, 5.74) is 1.58. The first-order chi connectivity index (χ1) is 10.7. The third-order valence-corrected chi connectivity index (χ3v) is 4.14. The van der Waals surface area contributed by atoms with Crippen LogP contribution in [0, 0.1) is 5.21 Å². The molecule has 0 spiro atoms. The molecule has 3 aromatic carbocycles. The quantitative estimate of drug-likeness (QED) is 0.496. The summed E-state index contributed by atoms with van der Waals surface area (Å²) in [5, 5.41) is 14.9. The van der Waals surface area contributed by atoms with Crippen LogP contribution >= 0.6 is 11.6 Å². The van der Waals surface area contributed by atoms with E-state index in [2.05, 4.69) is 0 Å². The Kier molecular flexibility index (Phi) is 2.78. The van der Waals surface area contributed by atoms with Crippen LogP contribution in [0.25, 0.3) is 10.8 Å². The monoisotopic (exact) mass is 307 g/mol. The lowest BCUT2D eigenvalue weighted by molar-refractivity contribution is -0.355. The highest BCUT2D eigenvalue weighted by atomic mass is 35.5. The first-order valence-corrected chi connectivity index (χ1v) is 7.21. The summed E-state index contributed by atoms with van der Waals surface area (Å²) in [4.78, 5) is 12.8. The molecule has 0 aliphatic carbocycles. The van der Waals surface area contributed by atoms with Crippen LogP contribution in [0.1, 0.15) is 15.9 Å². The van der Waals surface area contributed by atoms with Crippen LogP contribution in [-0.4, -0.2) is 16.2 Å². The Balaban J connectivity index is 1.97. The summed E-state index contributed by atoms with van der Waals surface area (Å²) in [6.45, 7) is 0. The molecule has 0 saturated carbocycles. The number of Topliss-reactive ketones (excluding diaryl/α,β-unsaturated/α-hetero) is 1. The summed E-state index contributed by atoms with van der Waals surface area (Å²) < 4.78 is 0.716. The van der Waals surface area contributed by atoms with Crippen LogP contribution in [-0.2, 0) is 0 Å². The van der Waals surface area contributed by atoms with E-state index in [-0.39, 0.29) is 11.5 Å². The molecule has 1 aliphatic heterocycles. The molecule has 0 atom stereocenters. The number of benzene rings is 3. The van der Waals surface area contributed by atoms with Gasteiger partial charge in [0.05, 0.1) is 5.56 Å². The van der Waals surface area contributed by atoms with E-state index < -0.39 is 0 Å². The zero-order chi connectivity index (χ0) is 15.3. The third kappa shape index (κ3) is 1.76. The van der Waals surface area contributed by atoms with E-state index in [1.54, 1.807) is 30.3 Å². The van der Waals surface area contributed by atoms with Crippen LogP contribution in [0.3, 0.4) is 0 Å². The van der Waals surface area contributed by atoms with Gasteiger partial charge in [-0.3, -0.25) is 4.79 Å². The van der Waals surface area contributed by atoms with Crippen molar-refractivity contribution < 1.29 is 9.53 Å². The number of hydrogen-bond acceptors (Lipinski definition) is 2. The summed E-state index contributed by atoms with van der Waals surface area (Å²) in [5.74, 6) is -0.246. The summed E-state index contributed by atoms with van der Waals surface area (Å²) in [6, 6.07) is 17.9. The van der Waals surface area contributed by atoms with Crippen molar-refractivity contribution in [2.24, 2.45) is 0 Å². The van der Waals surface area contributed by atoms with E-state index in [9.17, 15) is 10.0 Å². The van der Waals surface area contributed by atoms with E-state index >= 15 is 0 Å². The molecule has 1 heterocycles. The maximum atomic E-state index is 12.8. The maximum absolute atomic E-state index is 12.8. The van der Waals surface area contributed by atoms with Gasteiger partial charge >= 0.3 is 0 Å². The minimum absolute atomic E-state index is 0.142. The fourth-order valence-electron chi connectivity index (χ4n) is 2.86. The Bertz CT molecular complexity index is 958. The normalized spacial score (nSPS) is 13.8. The number of halogens is 1. The summed E-state index contributed by atoms with van der Waals surface area (Å²) in [6.07, 6.45) is 0. The van der Waals surface area contributed by atoms with E-state index in [0.29, 0.717) is 26.6 Å². The van der Waals surface area contributed by atoms with Gasteiger partial charge in [-0.25, -0.2) is 0 Å². The highest BCUT2D eigenvalue weighted by molar-refractivity contribution is 6.53. The van der Waals surface area contributed by atoms with Crippen molar-refractivity contribution in [2.45, 2.75) is 0 Å². The van der Waals surface area contributed by atoms with Gasteiger partial charge in [-0.2, -0.15) is 4.74 Å². The second-order valence-electron chi connectivity index (χ2n) is 5.16. The van der Waals surface area contributed by atoms with E-state index in [1.807, 2.05) is 30.3 Å². The van der Waals surface area contributed by atoms with Crippen molar-refractivity contribution in [1.29, 1.82) is 0 Å². The number of fused-ring (bicyclic) bond motifs is 3. The Morgan fingerprint density at radius 3 is 2.41 bits per heavy atom. The van der Waals surface area contributed by atoms with Gasteiger partial charge in [0.2, 0.25) is 5.69 Å². The molecule has 0 bridgehead atoms. The lowest BCUT2D eigenvalue weighted by Crippen LogP contribution is -2.16. The van der Waals surface area contributed by atoms with Crippen molar-refractivity contribution in [1.82, 2.24) is 0 Å². The minimum Gasteiger partial charge on any atom is -0.618 e. The van der Waals surface area contributed by atoms with Crippen molar-refractivity contribution >= 4 is 39.6 Å². The first-order valence-electron chi connectivity index (χ1n) is 6.83. The van der Waals surface area contributed by atoms with E-state index in [4.69, 9.17) is 11.6 Å². The molecule has 0 unspecified atom stereocenters. The van der Waals surface area contributed by atoms with Gasteiger partial charge in [0.25, 0.3) is 11.5 Å². The Morgan fingerprint density at radius 2 is 1.64 bits per heavy atom. The predicted molar refractivity (Wildman–Crippen MR) is 87.1 cm³/mol. The van der Waals surface area contributed by atoms with Crippen molar-refractivity contribution in [3.8, 4) is 0 Å². The first kappa shape index (κ1) is 13.0. The van der Waals surface area contributed by atoms with Gasteiger partial charge in [-0.15, -0.1) is 0 Å². The van der Waals surface area contributed by atoms with Crippen molar-refractivity contribution in [2.75, 3.05) is 0 Å². The van der Waals surface area contributed by atoms with Gasteiger partial charge in [0, 0.05) is 11.1 Å². The smallest absolute Gasteiger partial charge is 0.272 e. The van der Waals surface area contributed by atoms with Gasteiger partial charge in [-0.1, -0.05) is 35.9 Å². The van der Waals surface area contributed by atoms with Crippen molar-refractivity contribution in [3.63, 3.8) is 0 Å². The number of nitrogens with zero attached hydrogens (tertiary/aromatic N) is 1. The van der Waals surface area contributed by atoms with Gasteiger partial charge in [-0.05, 0) is 41.1 Å². The zero-order valence-corrected chi connectivity index (χ0v) is 12.2. The third-order valence-electron chi connectivity index (χ3n) is 3.89. The lowest BCUT2D eigenvalue weighted by Gasteiger charge is -2.03. The standard InChI is InChI=1S/C18H10ClNO2/c19-13-8-5-12(6-9-13)17-18(21)16-14-4-2-1-3-11(14)7-10-15(16)20(17)22/h1-10H. The summed E-state index contributed by atoms with van der Waals surface area (Å²) >= 11 is 5.87. The molecular formula is C18H10ClNO2. The fraction of sp³-hybridized carbons (Fsp3) is 0. The molecule has 4 heteroatoms. The molecule has 0 amide bonds. The average molecular weight is 308 g/mol. The Hall–Kier alpha value is -2.65. The highest BCUT2D eigenvalue weighted by Crippen LogP contribution is 2.34. The molecule has 0 fully saturated rings. The van der Waals surface area contributed by atoms with Gasteiger partial charge < -0.3 is 5.21 Å². The van der Waals surface area contributed by atoms with Gasteiger partial charge in [0.15, 0.2) is 0 Å². The van der Waals surface area contributed by atoms with Crippen LogP contribution < -0.4 is 0 Å². The van der Waals surface area contributed by atoms with Gasteiger partial charge in [0.1, 0.15) is 5.56 Å². The maximum Gasteiger partial charge on any atom is 0.272 e. The molecule has 0 radical (unpaired) electrons. The predicted octanol–water partition coefficient (Wildman–Crippen LogP) is 4.32. The average Bonchev–Trinajstić information content (AvgIpc) is 2.80. The number of carbonyl (C=O) groups is 1. The highest BCUT2D eigenvalue weighted by Gasteiger charge is 2.37. The second-order valence-corrected chi connectivity index (χ2v) is 5.60. The van der Waals surface area contributed by atoms with Crippen LogP contribution in [0.15, 0.2) is 60.7 Å². The topological polar surface area (TPSA) is 43.1 Å². The SMILES string of the molecule is O=C1C(c2ccc(Cl)cc2)=[N+]([O-])c2ccc3ccccc3c21. The number of rotatable bonds is 1. The number of carbonyl (C=O) groups excluding carboxylic acids is 1. The minimum atomic E-state index is -0.246. The molecule has 4 rings (SSSR count). The molecule has 22 heavy (non-hydrogen) atoms. The van der Waals surface area contributed by atoms with Crippen LogP contribution in [0.2, 0.25) is 5.02 Å². The fourth-order valence-corrected chi connectivity index (χ4v) is 2.98. The Labute approximate surface area is 131 Å². The molecule has 1 aliphatic rings. The zero-order valence-electron chi connectivity index (χ0n) is 11.4. The molecule has 3 nitrogen and oxygen atoms in total. The van der Waals surface area contributed by atoms with Crippen LogP contribution in [0.5, 0.6) is 0 Å². The van der Waals surface area contributed by atoms with E-state index in [0.717, 1.165) is 10.8 Å².